The van der Waals surface area contributed by atoms with Crippen molar-refractivity contribution in [1.82, 2.24) is 4.90 Å². The molecule has 0 saturated carbocycles. The number of hydrogen-bond donors (Lipinski definition) is 0. The van der Waals surface area contributed by atoms with Gasteiger partial charge < -0.3 is 4.74 Å². The van der Waals surface area contributed by atoms with Gasteiger partial charge in [0.1, 0.15) is 5.75 Å². The summed E-state index contributed by atoms with van der Waals surface area (Å²) in [5, 5.41) is 1.23. The first-order valence-corrected chi connectivity index (χ1v) is 9.51. The standard InChI is InChI=1S/C20H19ClN2O2S/c1-3-11-25-17-10-5-4-7-14(17)12-18-19(24)23(2)20(26-18)22-16-9-6-8-15(21)13-16/h4-10,12-13H,3,11H2,1-2H3/b18-12+,22-20?. The van der Waals surface area contributed by atoms with E-state index in [1.807, 2.05) is 42.5 Å². The van der Waals surface area contributed by atoms with E-state index in [0.717, 1.165) is 17.7 Å². The molecule has 1 heterocycles. The minimum absolute atomic E-state index is 0.0823. The molecule has 2 aromatic carbocycles. The minimum Gasteiger partial charge on any atom is -0.493 e. The third-order valence-corrected chi connectivity index (χ3v) is 5.00. The Bertz CT molecular complexity index is 880. The number of nitrogens with zero attached hydrogens (tertiary/aromatic N) is 2. The highest BCUT2D eigenvalue weighted by molar-refractivity contribution is 8.18. The summed E-state index contributed by atoms with van der Waals surface area (Å²) in [6.07, 6.45) is 2.78. The van der Waals surface area contributed by atoms with Crippen LogP contribution >= 0.6 is 23.4 Å². The highest BCUT2D eigenvalue weighted by Crippen LogP contribution is 2.35. The number of hydrogen-bond acceptors (Lipinski definition) is 4. The molecule has 3 rings (SSSR count). The zero-order chi connectivity index (χ0) is 18.5. The van der Waals surface area contributed by atoms with Gasteiger partial charge in [0.25, 0.3) is 5.91 Å². The largest absolute Gasteiger partial charge is 0.493 e. The lowest BCUT2D eigenvalue weighted by molar-refractivity contribution is -0.121. The molecule has 1 amide bonds. The van der Waals surface area contributed by atoms with E-state index in [4.69, 9.17) is 16.3 Å². The molecule has 0 N–H and O–H groups in total. The molecule has 26 heavy (non-hydrogen) atoms. The fourth-order valence-corrected chi connectivity index (χ4v) is 3.55. The number of carbonyl (C=O) groups excluding carboxylic acids is 1. The van der Waals surface area contributed by atoms with Gasteiger partial charge in [-0.25, -0.2) is 4.99 Å². The number of rotatable bonds is 5. The van der Waals surface area contributed by atoms with Crippen LogP contribution in [0.25, 0.3) is 6.08 Å². The van der Waals surface area contributed by atoms with Gasteiger partial charge in [0.2, 0.25) is 0 Å². The van der Waals surface area contributed by atoms with E-state index in [1.54, 1.807) is 24.1 Å². The van der Waals surface area contributed by atoms with Crippen LogP contribution in [0, 0.1) is 0 Å². The van der Waals surface area contributed by atoms with Gasteiger partial charge in [-0.1, -0.05) is 42.8 Å². The number of carbonyl (C=O) groups is 1. The second-order valence-corrected chi connectivity index (χ2v) is 7.18. The van der Waals surface area contributed by atoms with Gasteiger partial charge in [-0.05, 0) is 48.5 Å². The van der Waals surface area contributed by atoms with Crippen molar-refractivity contribution in [3.63, 3.8) is 0 Å². The summed E-state index contributed by atoms with van der Waals surface area (Å²) in [7, 11) is 1.72. The van der Waals surface area contributed by atoms with E-state index in [-0.39, 0.29) is 5.91 Å². The predicted octanol–water partition coefficient (Wildman–Crippen LogP) is 5.36. The van der Waals surface area contributed by atoms with E-state index < -0.39 is 0 Å². The van der Waals surface area contributed by atoms with Crippen LogP contribution in [0.3, 0.4) is 0 Å². The smallest absolute Gasteiger partial charge is 0.266 e. The van der Waals surface area contributed by atoms with Crippen LogP contribution in [0.1, 0.15) is 18.9 Å². The summed E-state index contributed by atoms with van der Waals surface area (Å²) in [6.45, 7) is 2.70. The van der Waals surface area contributed by atoms with Crippen LogP contribution in [0.5, 0.6) is 5.75 Å². The Balaban J connectivity index is 1.88. The van der Waals surface area contributed by atoms with Crippen LogP contribution in [0.15, 0.2) is 58.4 Å². The average Bonchev–Trinajstić information content (AvgIpc) is 2.89. The first-order valence-electron chi connectivity index (χ1n) is 8.32. The number of para-hydroxylation sites is 1. The summed E-state index contributed by atoms with van der Waals surface area (Å²) in [6, 6.07) is 15.0. The molecule has 0 aromatic heterocycles. The molecule has 2 aromatic rings. The molecule has 1 saturated heterocycles. The van der Waals surface area contributed by atoms with E-state index in [2.05, 4.69) is 11.9 Å². The van der Waals surface area contributed by atoms with Crippen molar-refractivity contribution in [2.45, 2.75) is 13.3 Å². The van der Waals surface area contributed by atoms with Gasteiger partial charge in [-0.2, -0.15) is 0 Å². The Morgan fingerprint density at radius 3 is 2.81 bits per heavy atom. The highest BCUT2D eigenvalue weighted by atomic mass is 35.5. The number of ether oxygens (including phenoxy) is 1. The summed E-state index contributed by atoms with van der Waals surface area (Å²) in [4.78, 5) is 19.3. The van der Waals surface area contributed by atoms with Gasteiger partial charge in [0, 0.05) is 17.6 Å². The first-order chi connectivity index (χ1) is 12.6. The van der Waals surface area contributed by atoms with Gasteiger partial charge in [-0.15, -0.1) is 0 Å². The molecular formula is C20H19ClN2O2S. The maximum atomic E-state index is 12.6. The Kier molecular flexibility index (Phi) is 6.01. The number of benzene rings is 2. The summed E-state index contributed by atoms with van der Waals surface area (Å²) in [5.74, 6) is 0.694. The molecule has 134 valence electrons. The number of amidine groups is 1. The van der Waals surface area contributed by atoms with E-state index in [1.165, 1.54) is 11.8 Å². The molecule has 0 unspecified atom stereocenters. The molecule has 0 bridgehead atoms. The van der Waals surface area contributed by atoms with Crippen molar-refractivity contribution in [2.24, 2.45) is 4.99 Å². The minimum atomic E-state index is -0.0823. The van der Waals surface area contributed by atoms with Crippen molar-refractivity contribution in [3.8, 4) is 5.75 Å². The summed E-state index contributed by atoms with van der Waals surface area (Å²) < 4.78 is 5.77. The van der Waals surface area contributed by atoms with E-state index in [9.17, 15) is 4.79 Å². The average molecular weight is 387 g/mol. The molecule has 4 nitrogen and oxygen atoms in total. The fraction of sp³-hybridized carbons (Fsp3) is 0.200. The third kappa shape index (κ3) is 4.29. The van der Waals surface area contributed by atoms with E-state index in [0.29, 0.717) is 27.4 Å². The molecule has 1 aliphatic rings. The number of thioether (sulfide) groups is 1. The lowest BCUT2D eigenvalue weighted by Gasteiger charge is -2.08. The van der Waals surface area contributed by atoms with Crippen LogP contribution in [-0.2, 0) is 4.79 Å². The van der Waals surface area contributed by atoms with Crippen LogP contribution < -0.4 is 4.74 Å². The Morgan fingerprint density at radius 2 is 2.04 bits per heavy atom. The molecule has 0 radical (unpaired) electrons. The van der Waals surface area contributed by atoms with Crippen molar-refractivity contribution >= 4 is 46.2 Å². The van der Waals surface area contributed by atoms with E-state index >= 15 is 0 Å². The maximum Gasteiger partial charge on any atom is 0.266 e. The second-order valence-electron chi connectivity index (χ2n) is 5.74. The Hall–Kier alpha value is -2.24. The van der Waals surface area contributed by atoms with Gasteiger partial charge >= 0.3 is 0 Å². The lowest BCUT2D eigenvalue weighted by atomic mass is 10.2. The van der Waals surface area contributed by atoms with Crippen LogP contribution in [0.4, 0.5) is 5.69 Å². The molecule has 6 heteroatoms. The Morgan fingerprint density at radius 1 is 1.23 bits per heavy atom. The topological polar surface area (TPSA) is 41.9 Å². The van der Waals surface area contributed by atoms with Crippen molar-refractivity contribution < 1.29 is 9.53 Å². The molecule has 1 fully saturated rings. The zero-order valence-electron chi connectivity index (χ0n) is 14.6. The van der Waals surface area contributed by atoms with Crippen molar-refractivity contribution in [2.75, 3.05) is 13.7 Å². The third-order valence-electron chi connectivity index (χ3n) is 3.70. The monoisotopic (exact) mass is 386 g/mol. The number of likely N-dealkylation sites (N-methyl/N-ethyl adjacent to an activating group) is 1. The number of amides is 1. The highest BCUT2D eigenvalue weighted by Gasteiger charge is 2.30. The van der Waals surface area contributed by atoms with Gasteiger partial charge in [0.05, 0.1) is 17.2 Å². The van der Waals surface area contributed by atoms with Crippen LogP contribution in [0.2, 0.25) is 5.02 Å². The predicted molar refractivity (Wildman–Crippen MR) is 109 cm³/mol. The summed E-state index contributed by atoms with van der Waals surface area (Å²) >= 11 is 7.35. The second kappa shape index (κ2) is 8.43. The quantitative estimate of drug-likeness (QED) is 0.649. The van der Waals surface area contributed by atoms with Gasteiger partial charge in [0.15, 0.2) is 5.17 Å². The van der Waals surface area contributed by atoms with Gasteiger partial charge in [-0.3, -0.25) is 9.69 Å². The van der Waals surface area contributed by atoms with Crippen LogP contribution in [-0.4, -0.2) is 29.6 Å². The number of halogens is 1. The van der Waals surface area contributed by atoms with Crippen molar-refractivity contribution in [1.29, 1.82) is 0 Å². The molecule has 0 atom stereocenters. The first kappa shape index (κ1) is 18.5. The summed E-state index contributed by atoms with van der Waals surface area (Å²) in [5.41, 5.74) is 1.60. The Labute approximate surface area is 162 Å². The lowest BCUT2D eigenvalue weighted by Crippen LogP contribution is -2.23. The zero-order valence-corrected chi connectivity index (χ0v) is 16.2. The molecule has 1 aliphatic heterocycles. The number of aliphatic imine (C=N–C) groups is 1. The molecular weight excluding hydrogens is 368 g/mol. The molecule has 0 aliphatic carbocycles. The van der Waals surface area contributed by atoms with Crippen molar-refractivity contribution in [3.05, 3.63) is 64.0 Å². The SMILES string of the molecule is CCCOc1ccccc1/C=C1/SC(=Nc2cccc(Cl)c2)N(C)C1=O. The maximum absolute atomic E-state index is 12.6. The normalized spacial score (nSPS) is 17.3. The fourth-order valence-electron chi connectivity index (χ4n) is 2.39. The molecule has 0 spiro atoms.